The predicted octanol–water partition coefficient (Wildman–Crippen LogP) is -2.15. The molecule has 0 amide bonds. The lowest BCUT2D eigenvalue weighted by Gasteiger charge is -2.42. The molecule has 6 nitrogen and oxygen atoms in total. The molecule has 1 aliphatic rings. The Morgan fingerprint density at radius 2 is 1.95 bits per heavy atom. The number of ether oxygens (including phenoxy) is 1. The Kier molecular flexibility index (Phi) is 4.52. The fourth-order valence-electron chi connectivity index (χ4n) is 2.18. The monoisotopic (exact) mass is 288 g/mol. The molecule has 1 aromatic rings. The first-order valence-corrected chi connectivity index (χ1v) is 5.76. The second kappa shape index (κ2) is 5.42. The third-order valence-electron chi connectivity index (χ3n) is 3.21. The molecular formula is C12H17ClN2O4. The summed E-state index contributed by atoms with van der Waals surface area (Å²) in [6.45, 7) is 1.71. The Hall–Kier alpha value is -1.21. The molecule has 0 unspecified atom stereocenters. The van der Waals surface area contributed by atoms with Gasteiger partial charge in [0.25, 0.3) is 5.69 Å². The number of non-ortho nitro benzene ring substituents is 1. The van der Waals surface area contributed by atoms with Crippen LogP contribution in [0.25, 0.3) is 0 Å². The smallest absolute Gasteiger partial charge is 0.269 e. The van der Waals surface area contributed by atoms with Crippen LogP contribution in [-0.2, 0) is 10.5 Å². The van der Waals surface area contributed by atoms with E-state index in [1.54, 1.807) is 12.1 Å². The zero-order valence-corrected chi connectivity index (χ0v) is 11.6. The van der Waals surface area contributed by atoms with Crippen LogP contribution >= 0.6 is 0 Å². The molecule has 0 bridgehead atoms. The number of halogens is 1. The summed E-state index contributed by atoms with van der Waals surface area (Å²) in [5.74, 6) is -1.36. The molecule has 0 spiro atoms. The summed E-state index contributed by atoms with van der Waals surface area (Å²) >= 11 is 0. The number of nitro benzene ring substituents is 1. The van der Waals surface area contributed by atoms with Crippen LogP contribution in [0.4, 0.5) is 5.69 Å². The zero-order chi connectivity index (χ0) is 13.4. The van der Waals surface area contributed by atoms with Gasteiger partial charge in [0.05, 0.1) is 25.6 Å². The van der Waals surface area contributed by atoms with Gasteiger partial charge in [-0.05, 0) is 12.1 Å². The summed E-state index contributed by atoms with van der Waals surface area (Å²) in [6, 6.07) is 5.85. The molecule has 0 saturated carbocycles. The van der Waals surface area contributed by atoms with E-state index in [4.69, 9.17) is 4.74 Å². The molecule has 0 aliphatic carbocycles. The van der Waals surface area contributed by atoms with Gasteiger partial charge in [0.2, 0.25) is 5.79 Å². The van der Waals surface area contributed by atoms with Crippen LogP contribution in [0.15, 0.2) is 24.3 Å². The fraction of sp³-hybridized carbons (Fsp3) is 0.500. The van der Waals surface area contributed by atoms with Gasteiger partial charge in [-0.25, -0.2) is 0 Å². The first-order chi connectivity index (χ1) is 8.32. The van der Waals surface area contributed by atoms with Crippen molar-refractivity contribution in [2.75, 3.05) is 33.8 Å². The van der Waals surface area contributed by atoms with Gasteiger partial charge in [-0.1, -0.05) is 0 Å². The molecule has 0 radical (unpaired) electrons. The number of likely N-dealkylation sites (N-methyl/N-ethyl adjacent to an activating group) is 1. The Balaban J connectivity index is 0.00000180. The van der Waals surface area contributed by atoms with Crippen LogP contribution in [0.5, 0.6) is 0 Å². The Labute approximate surface area is 117 Å². The molecule has 0 aromatic heterocycles. The summed E-state index contributed by atoms with van der Waals surface area (Å²) in [6.07, 6.45) is 0. The normalized spacial score (nSPS) is 25.4. The van der Waals surface area contributed by atoms with E-state index in [1.165, 1.54) is 12.1 Å². The van der Waals surface area contributed by atoms with Gasteiger partial charge in [-0.15, -0.1) is 0 Å². The van der Waals surface area contributed by atoms with Gasteiger partial charge in [0, 0.05) is 17.7 Å². The number of nitrogens with zero attached hydrogens (tertiary/aromatic N) is 2. The van der Waals surface area contributed by atoms with Crippen molar-refractivity contribution in [2.24, 2.45) is 0 Å². The molecule has 19 heavy (non-hydrogen) atoms. The van der Waals surface area contributed by atoms with Crippen molar-refractivity contribution in [2.45, 2.75) is 5.79 Å². The van der Waals surface area contributed by atoms with Crippen molar-refractivity contribution in [1.82, 2.24) is 0 Å². The van der Waals surface area contributed by atoms with Crippen molar-refractivity contribution in [3.05, 3.63) is 39.9 Å². The second-order valence-electron chi connectivity index (χ2n) is 5.25. The van der Waals surface area contributed by atoms with E-state index in [-0.39, 0.29) is 18.1 Å². The molecule has 1 N–H and O–H groups in total. The highest BCUT2D eigenvalue weighted by atomic mass is 35.5. The number of aliphatic hydroxyl groups is 1. The first kappa shape index (κ1) is 15.8. The minimum Gasteiger partial charge on any atom is -1.00 e. The van der Waals surface area contributed by atoms with Crippen molar-refractivity contribution < 1.29 is 31.7 Å². The van der Waals surface area contributed by atoms with Crippen molar-refractivity contribution in [3.8, 4) is 0 Å². The topological polar surface area (TPSA) is 72.6 Å². The van der Waals surface area contributed by atoms with Crippen LogP contribution in [0, 0.1) is 10.1 Å². The van der Waals surface area contributed by atoms with Gasteiger partial charge in [0.15, 0.2) is 0 Å². The fourth-order valence-corrected chi connectivity index (χ4v) is 2.18. The van der Waals surface area contributed by atoms with E-state index in [1.807, 2.05) is 14.1 Å². The molecule has 1 atom stereocenters. The average molecular weight is 289 g/mol. The SMILES string of the molecule is C[N+]1(C)CCO[C@@](O)(c2ccc([N+](=O)[O-])cc2)C1.[Cl-]. The lowest BCUT2D eigenvalue weighted by Crippen LogP contribution is -3.00. The number of rotatable bonds is 2. The second-order valence-corrected chi connectivity index (χ2v) is 5.25. The molecule has 1 fully saturated rings. The highest BCUT2D eigenvalue weighted by Crippen LogP contribution is 2.30. The molecule has 7 heteroatoms. The number of benzene rings is 1. The van der Waals surface area contributed by atoms with Crippen molar-refractivity contribution in [3.63, 3.8) is 0 Å². The number of morpholine rings is 1. The van der Waals surface area contributed by atoms with E-state index in [0.717, 1.165) is 6.54 Å². The Bertz CT molecular complexity index is 463. The van der Waals surface area contributed by atoms with Gasteiger partial charge in [0.1, 0.15) is 13.1 Å². The maximum atomic E-state index is 10.6. The van der Waals surface area contributed by atoms with E-state index >= 15 is 0 Å². The lowest BCUT2D eigenvalue weighted by atomic mass is 10.0. The van der Waals surface area contributed by atoms with Crippen LogP contribution in [0.1, 0.15) is 5.56 Å². The van der Waals surface area contributed by atoms with Crippen molar-refractivity contribution >= 4 is 5.69 Å². The minimum absolute atomic E-state index is 0. The number of hydrogen-bond acceptors (Lipinski definition) is 4. The molecule has 106 valence electrons. The van der Waals surface area contributed by atoms with Crippen LogP contribution in [0.2, 0.25) is 0 Å². The Morgan fingerprint density at radius 1 is 1.37 bits per heavy atom. The summed E-state index contributed by atoms with van der Waals surface area (Å²) in [5, 5.41) is 21.1. The maximum Gasteiger partial charge on any atom is 0.269 e. The van der Waals surface area contributed by atoms with E-state index in [0.29, 0.717) is 23.2 Å². The van der Waals surface area contributed by atoms with Crippen molar-refractivity contribution in [1.29, 1.82) is 0 Å². The third kappa shape index (κ3) is 3.42. The van der Waals surface area contributed by atoms with E-state index < -0.39 is 10.7 Å². The minimum atomic E-state index is -1.36. The van der Waals surface area contributed by atoms with Crippen LogP contribution in [-0.4, -0.2) is 48.3 Å². The summed E-state index contributed by atoms with van der Waals surface area (Å²) in [7, 11) is 4.03. The molecule has 1 aromatic carbocycles. The zero-order valence-electron chi connectivity index (χ0n) is 10.9. The largest absolute Gasteiger partial charge is 1.00 e. The van der Waals surface area contributed by atoms with Crippen LogP contribution < -0.4 is 12.4 Å². The standard InChI is InChI=1S/C12H17N2O4.ClH/c1-14(2)7-8-18-12(15,9-14)10-3-5-11(6-4-10)13(16)17;/h3-6,15H,7-9H2,1-2H3;1H/q+1;/p-1/t12-;/m1./s1. The van der Waals surface area contributed by atoms with Gasteiger partial charge < -0.3 is 26.7 Å². The molecule has 1 aliphatic heterocycles. The number of quaternary nitrogens is 1. The molecule has 2 rings (SSSR count). The maximum absolute atomic E-state index is 10.6. The highest BCUT2D eigenvalue weighted by Gasteiger charge is 2.42. The quantitative estimate of drug-likeness (QED) is 0.383. The first-order valence-electron chi connectivity index (χ1n) is 5.76. The van der Waals surface area contributed by atoms with Gasteiger partial charge in [-0.3, -0.25) is 10.1 Å². The highest BCUT2D eigenvalue weighted by molar-refractivity contribution is 5.34. The number of nitro groups is 1. The lowest BCUT2D eigenvalue weighted by molar-refractivity contribution is -0.912. The number of hydrogen-bond donors (Lipinski definition) is 1. The average Bonchev–Trinajstić information content (AvgIpc) is 2.27. The molecule has 1 saturated heterocycles. The van der Waals surface area contributed by atoms with Gasteiger partial charge >= 0.3 is 0 Å². The van der Waals surface area contributed by atoms with E-state index in [2.05, 4.69) is 0 Å². The summed E-state index contributed by atoms with van der Waals surface area (Å²) in [4.78, 5) is 10.1. The predicted molar refractivity (Wildman–Crippen MR) is 64.8 cm³/mol. The van der Waals surface area contributed by atoms with E-state index in [9.17, 15) is 15.2 Å². The summed E-state index contributed by atoms with van der Waals surface area (Å²) < 4.78 is 6.10. The summed E-state index contributed by atoms with van der Waals surface area (Å²) in [5.41, 5.74) is 0.561. The third-order valence-corrected chi connectivity index (χ3v) is 3.21. The Morgan fingerprint density at radius 3 is 2.42 bits per heavy atom. The molecular weight excluding hydrogens is 272 g/mol. The molecule has 1 heterocycles. The van der Waals surface area contributed by atoms with Gasteiger partial charge in [-0.2, -0.15) is 0 Å². The van der Waals surface area contributed by atoms with Crippen LogP contribution in [0.3, 0.4) is 0 Å².